The van der Waals surface area contributed by atoms with Crippen molar-refractivity contribution in [1.29, 1.82) is 0 Å². The van der Waals surface area contributed by atoms with E-state index in [1.807, 2.05) is 31.2 Å². The van der Waals surface area contributed by atoms with E-state index in [1.165, 1.54) is 9.87 Å². The van der Waals surface area contributed by atoms with Crippen molar-refractivity contribution >= 4 is 15.9 Å². The summed E-state index contributed by atoms with van der Waals surface area (Å²) in [6.45, 7) is 10.9. The molecule has 38 heavy (non-hydrogen) atoms. The van der Waals surface area contributed by atoms with Crippen LogP contribution in [0.3, 0.4) is 0 Å². The number of aryl methyl sites for hydroxylation is 1. The van der Waals surface area contributed by atoms with Crippen LogP contribution in [0.2, 0.25) is 0 Å². The van der Waals surface area contributed by atoms with E-state index in [2.05, 4.69) is 43.1 Å². The Morgan fingerprint density at radius 1 is 0.974 bits per heavy atom. The van der Waals surface area contributed by atoms with Crippen LogP contribution < -0.4 is 10.1 Å². The second kappa shape index (κ2) is 11.3. The standard InChI is InChI=1S/C30H37N3O4S/c1-22-6-14-28(15-7-22)38(35,36)33-20-25-11-10-24(18-26(25)21-33)29(34)31-16-17-32(30(2,3)4)19-23-8-12-27(37-5)13-9-23/h6-15,18H,16-17,19-21H2,1-5H3,(H,31,34). The molecule has 8 heteroatoms. The third-order valence-electron chi connectivity index (χ3n) is 6.97. The summed E-state index contributed by atoms with van der Waals surface area (Å²) in [4.78, 5) is 15.6. The van der Waals surface area contributed by atoms with Gasteiger partial charge in [-0.25, -0.2) is 8.42 Å². The first-order chi connectivity index (χ1) is 18.0. The Morgan fingerprint density at radius 2 is 1.63 bits per heavy atom. The SMILES string of the molecule is COc1ccc(CN(CCNC(=O)c2ccc3c(c2)CN(S(=O)(=O)c2ccc(C)cc2)C3)C(C)(C)C)cc1. The first-order valence-electron chi connectivity index (χ1n) is 12.8. The highest BCUT2D eigenvalue weighted by Gasteiger charge is 2.31. The molecule has 0 spiro atoms. The second-order valence-electron chi connectivity index (χ2n) is 10.8. The molecule has 1 aliphatic heterocycles. The molecule has 1 N–H and O–H groups in total. The zero-order chi connectivity index (χ0) is 27.5. The van der Waals surface area contributed by atoms with Crippen LogP contribution in [0.5, 0.6) is 5.75 Å². The van der Waals surface area contributed by atoms with Gasteiger partial charge in [0.25, 0.3) is 5.91 Å². The van der Waals surface area contributed by atoms with Gasteiger partial charge in [-0.2, -0.15) is 4.31 Å². The van der Waals surface area contributed by atoms with E-state index < -0.39 is 10.0 Å². The average molecular weight is 536 g/mol. The summed E-state index contributed by atoms with van der Waals surface area (Å²) in [6.07, 6.45) is 0. The van der Waals surface area contributed by atoms with Gasteiger partial charge in [-0.1, -0.05) is 35.9 Å². The fourth-order valence-electron chi connectivity index (χ4n) is 4.54. The Kier molecular flexibility index (Phi) is 8.25. The molecule has 1 heterocycles. The fraction of sp³-hybridized carbons (Fsp3) is 0.367. The highest BCUT2D eigenvalue weighted by molar-refractivity contribution is 7.89. The number of carbonyl (C=O) groups is 1. The molecule has 0 atom stereocenters. The van der Waals surface area contributed by atoms with Gasteiger partial charge >= 0.3 is 0 Å². The Labute approximate surface area is 226 Å². The number of methoxy groups -OCH3 is 1. The minimum atomic E-state index is -3.60. The maximum absolute atomic E-state index is 13.1. The number of carbonyl (C=O) groups excluding carboxylic acids is 1. The van der Waals surface area contributed by atoms with Crippen LogP contribution in [0.15, 0.2) is 71.6 Å². The van der Waals surface area contributed by atoms with Crippen LogP contribution in [-0.2, 0) is 29.7 Å². The smallest absolute Gasteiger partial charge is 0.251 e. The Hall–Kier alpha value is -3.20. The monoisotopic (exact) mass is 535 g/mol. The molecule has 0 fully saturated rings. The third-order valence-corrected chi connectivity index (χ3v) is 8.77. The molecular weight excluding hydrogens is 498 g/mol. The van der Waals surface area contributed by atoms with Gasteiger partial charge in [0.1, 0.15) is 5.75 Å². The van der Waals surface area contributed by atoms with Crippen molar-refractivity contribution in [3.05, 3.63) is 94.5 Å². The number of benzene rings is 3. The fourth-order valence-corrected chi connectivity index (χ4v) is 5.94. The molecule has 0 aromatic heterocycles. The lowest BCUT2D eigenvalue weighted by Crippen LogP contribution is -2.45. The first-order valence-corrected chi connectivity index (χ1v) is 14.3. The van der Waals surface area contributed by atoms with Gasteiger partial charge in [0.2, 0.25) is 10.0 Å². The highest BCUT2D eigenvalue weighted by atomic mass is 32.2. The summed E-state index contributed by atoms with van der Waals surface area (Å²) in [5, 5.41) is 3.04. The van der Waals surface area contributed by atoms with Gasteiger partial charge in [0.15, 0.2) is 0 Å². The number of nitrogens with zero attached hydrogens (tertiary/aromatic N) is 2. The van der Waals surface area contributed by atoms with Crippen LogP contribution in [0.25, 0.3) is 0 Å². The third kappa shape index (κ3) is 6.43. The largest absolute Gasteiger partial charge is 0.497 e. The van der Waals surface area contributed by atoms with Gasteiger partial charge in [-0.05, 0) is 80.8 Å². The van der Waals surface area contributed by atoms with Gasteiger partial charge in [0, 0.05) is 43.8 Å². The van der Waals surface area contributed by atoms with E-state index in [-0.39, 0.29) is 22.9 Å². The van der Waals surface area contributed by atoms with Crippen molar-refractivity contribution in [1.82, 2.24) is 14.5 Å². The van der Waals surface area contributed by atoms with Crippen molar-refractivity contribution in [3.8, 4) is 5.75 Å². The topological polar surface area (TPSA) is 79.0 Å². The van der Waals surface area contributed by atoms with Crippen LogP contribution in [-0.4, -0.2) is 49.3 Å². The molecule has 3 aromatic carbocycles. The summed E-state index contributed by atoms with van der Waals surface area (Å²) in [5.41, 5.74) is 4.44. The number of ether oxygens (including phenoxy) is 1. The Bertz CT molecular complexity index is 1380. The first kappa shape index (κ1) is 27.8. The molecule has 4 rings (SSSR count). The van der Waals surface area contributed by atoms with Crippen LogP contribution in [0.1, 0.15) is 53.4 Å². The molecule has 0 radical (unpaired) electrons. The minimum Gasteiger partial charge on any atom is -0.497 e. The molecule has 202 valence electrons. The highest BCUT2D eigenvalue weighted by Crippen LogP contribution is 2.29. The van der Waals surface area contributed by atoms with Crippen molar-refractivity contribution < 1.29 is 17.9 Å². The van der Waals surface area contributed by atoms with E-state index >= 15 is 0 Å². The molecule has 7 nitrogen and oxygen atoms in total. The number of fused-ring (bicyclic) bond motifs is 1. The van der Waals surface area contributed by atoms with Gasteiger partial charge in [-0.15, -0.1) is 0 Å². The maximum Gasteiger partial charge on any atom is 0.251 e. The summed E-state index contributed by atoms with van der Waals surface area (Å²) in [7, 11) is -1.95. The van der Waals surface area contributed by atoms with Crippen LogP contribution >= 0.6 is 0 Å². The number of hydrogen-bond donors (Lipinski definition) is 1. The summed E-state index contributed by atoms with van der Waals surface area (Å²) in [5.74, 6) is 0.666. The van der Waals surface area contributed by atoms with E-state index in [9.17, 15) is 13.2 Å². The molecule has 0 saturated carbocycles. The zero-order valence-corrected chi connectivity index (χ0v) is 23.6. The quantitative estimate of drug-likeness (QED) is 0.428. The van der Waals surface area contributed by atoms with E-state index in [0.717, 1.165) is 29.0 Å². The lowest BCUT2D eigenvalue weighted by atomic mass is 10.0. The lowest BCUT2D eigenvalue weighted by Gasteiger charge is -2.35. The average Bonchev–Trinajstić information content (AvgIpc) is 3.32. The molecule has 1 amide bonds. The Morgan fingerprint density at radius 3 is 2.26 bits per heavy atom. The molecule has 1 aliphatic rings. The zero-order valence-electron chi connectivity index (χ0n) is 22.8. The van der Waals surface area contributed by atoms with E-state index in [0.29, 0.717) is 25.2 Å². The van der Waals surface area contributed by atoms with Crippen molar-refractivity contribution in [2.24, 2.45) is 0 Å². The summed E-state index contributed by atoms with van der Waals surface area (Å²) < 4.78 is 33.0. The number of amides is 1. The molecule has 3 aromatic rings. The number of hydrogen-bond acceptors (Lipinski definition) is 5. The van der Waals surface area contributed by atoms with Gasteiger partial charge < -0.3 is 10.1 Å². The van der Waals surface area contributed by atoms with Crippen LogP contribution in [0, 0.1) is 6.92 Å². The van der Waals surface area contributed by atoms with E-state index in [4.69, 9.17) is 4.74 Å². The summed E-state index contributed by atoms with van der Waals surface area (Å²) in [6, 6.07) is 20.4. The Balaban J connectivity index is 1.36. The van der Waals surface area contributed by atoms with Crippen LogP contribution in [0.4, 0.5) is 0 Å². The van der Waals surface area contributed by atoms with Crippen molar-refractivity contribution in [2.45, 2.75) is 57.8 Å². The minimum absolute atomic E-state index is 0.0787. The predicted octanol–water partition coefficient (Wildman–Crippen LogP) is 4.74. The molecular formula is C30H37N3O4S. The molecule has 0 saturated heterocycles. The molecule has 0 bridgehead atoms. The number of nitrogens with one attached hydrogen (secondary N) is 1. The van der Waals surface area contributed by atoms with Crippen molar-refractivity contribution in [3.63, 3.8) is 0 Å². The molecule has 0 aliphatic carbocycles. The second-order valence-corrected chi connectivity index (χ2v) is 12.7. The summed E-state index contributed by atoms with van der Waals surface area (Å²) >= 11 is 0. The predicted molar refractivity (Wildman–Crippen MR) is 150 cm³/mol. The lowest BCUT2D eigenvalue weighted by molar-refractivity contribution is 0.0922. The van der Waals surface area contributed by atoms with Gasteiger partial charge in [-0.3, -0.25) is 9.69 Å². The number of sulfonamides is 1. The van der Waals surface area contributed by atoms with Gasteiger partial charge in [0.05, 0.1) is 12.0 Å². The number of rotatable bonds is 9. The van der Waals surface area contributed by atoms with E-state index in [1.54, 1.807) is 37.4 Å². The molecule has 0 unspecified atom stereocenters. The van der Waals surface area contributed by atoms with Crippen molar-refractivity contribution in [2.75, 3.05) is 20.2 Å². The maximum atomic E-state index is 13.1. The normalized spacial score (nSPS) is 13.9.